The molecule has 0 N–H and O–H groups in total. The largest absolute Gasteiger partial charge is 0.466 e. The summed E-state index contributed by atoms with van der Waals surface area (Å²) in [5.41, 5.74) is 1.13. The maximum absolute atomic E-state index is 12.2. The standard InChI is InChI=1S/C13H10BrClO2/c1-7-3-12(8(2)17-7)13(16)9-4-10(14)6-11(15)5-9/h3-6H,1-2H3. The highest BCUT2D eigenvalue weighted by atomic mass is 79.9. The molecule has 0 unspecified atom stereocenters. The number of ketones is 1. The molecule has 1 aromatic heterocycles. The molecular formula is C13H10BrClO2. The highest BCUT2D eigenvalue weighted by Gasteiger charge is 2.16. The van der Waals surface area contributed by atoms with Gasteiger partial charge in [0.1, 0.15) is 11.5 Å². The molecule has 1 heterocycles. The van der Waals surface area contributed by atoms with Gasteiger partial charge in [-0.05, 0) is 38.1 Å². The summed E-state index contributed by atoms with van der Waals surface area (Å²) in [4.78, 5) is 12.2. The fourth-order valence-corrected chi connectivity index (χ4v) is 2.56. The molecule has 2 nitrogen and oxygen atoms in total. The summed E-state index contributed by atoms with van der Waals surface area (Å²) in [5, 5.41) is 0.528. The number of halogens is 2. The van der Waals surface area contributed by atoms with Crippen LogP contribution in [0.25, 0.3) is 0 Å². The molecule has 4 heteroatoms. The summed E-state index contributed by atoms with van der Waals surface area (Å²) in [7, 11) is 0. The van der Waals surface area contributed by atoms with Crippen LogP contribution in [0.1, 0.15) is 27.4 Å². The van der Waals surface area contributed by atoms with Crippen LogP contribution in [-0.4, -0.2) is 5.78 Å². The Morgan fingerprint density at radius 3 is 2.47 bits per heavy atom. The van der Waals surface area contributed by atoms with Gasteiger partial charge in [-0.3, -0.25) is 4.79 Å². The molecule has 0 atom stereocenters. The lowest BCUT2D eigenvalue weighted by Crippen LogP contribution is -2.01. The van der Waals surface area contributed by atoms with E-state index in [0.29, 0.717) is 21.9 Å². The van der Waals surface area contributed by atoms with Crippen LogP contribution in [0.5, 0.6) is 0 Å². The van der Waals surface area contributed by atoms with Gasteiger partial charge in [-0.2, -0.15) is 0 Å². The van der Waals surface area contributed by atoms with Crippen molar-refractivity contribution >= 4 is 33.3 Å². The number of benzene rings is 1. The maximum Gasteiger partial charge on any atom is 0.196 e. The van der Waals surface area contributed by atoms with Crippen molar-refractivity contribution in [1.29, 1.82) is 0 Å². The second-order valence-electron chi connectivity index (χ2n) is 3.81. The minimum absolute atomic E-state index is 0.0810. The van der Waals surface area contributed by atoms with E-state index in [4.69, 9.17) is 16.0 Å². The van der Waals surface area contributed by atoms with Gasteiger partial charge in [0.05, 0.1) is 5.56 Å². The van der Waals surface area contributed by atoms with E-state index in [-0.39, 0.29) is 5.78 Å². The Kier molecular flexibility index (Phi) is 3.40. The van der Waals surface area contributed by atoms with Crippen LogP contribution < -0.4 is 0 Å². The van der Waals surface area contributed by atoms with Crippen molar-refractivity contribution in [2.24, 2.45) is 0 Å². The highest BCUT2D eigenvalue weighted by Crippen LogP contribution is 2.23. The van der Waals surface area contributed by atoms with Crippen LogP contribution in [0.4, 0.5) is 0 Å². The molecule has 17 heavy (non-hydrogen) atoms. The molecule has 0 aliphatic carbocycles. The number of aryl methyl sites for hydroxylation is 2. The summed E-state index contributed by atoms with van der Waals surface area (Å²) in [6.07, 6.45) is 0. The molecule has 88 valence electrons. The molecule has 0 aliphatic heterocycles. The van der Waals surface area contributed by atoms with Crippen molar-refractivity contribution in [1.82, 2.24) is 0 Å². The fraction of sp³-hybridized carbons (Fsp3) is 0.154. The van der Waals surface area contributed by atoms with E-state index < -0.39 is 0 Å². The summed E-state index contributed by atoms with van der Waals surface area (Å²) in [5.74, 6) is 1.28. The topological polar surface area (TPSA) is 30.2 Å². The first-order chi connectivity index (χ1) is 7.97. The first kappa shape index (κ1) is 12.4. The first-order valence-electron chi connectivity index (χ1n) is 5.05. The normalized spacial score (nSPS) is 10.6. The zero-order chi connectivity index (χ0) is 12.6. The summed E-state index contributed by atoms with van der Waals surface area (Å²) in [6.45, 7) is 3.59. The SMILES string of the molecule is Cc1cc(C(=O)c2cc(Cl)cc(Br)c2)c(C)o1. The molecule has 0 saturated heterocycles. The molecule has 0 saturated carbocycles. The molecule has 0 amide bonds. The molecule has 0 spiro atoms. The second-order valence-corrected chi connectivity index (χ2v) is 5.17. The predicted octanol–water partition coefficient (Wildman–Crippen LogP) is 4.54. The van der Waals surface area contributed by atoms with Gasteiger partial charge in [-0.15, -0.1) is 0 Å². The average molecular weight is 314 g/mol. The average Bonchev–Trinajstić information content (AvgIpc) is 2.55. The van der Waals surface area contributed by atoms with Crippen molar-refractivity contribution in [2.45, 2.75) is 13.8 Å². The highest BCUT2D eigenvalue weighted by molar-refractivity contribution is 9.10. The van der Waals surface area contributed by atoms with E-state index in [1.165, 1.54) is 0 Å². The molecule has 0 aliphatic rings. The van der Waals surface area contributed by atoms with E-state index >= 15 is 0 Å². The van der Waals surface area contributed by atoms with Crippen LogP contribution in [0.2, 0.25) is 5.02 Å². The van der Waals surface area contributed by atoms with Gasteiger partial charge in [0, 0.05) is 15.1 Å². The minimum atomic E-state index is -0.0810. The van der Waals surface area contributed by atoms with Crippen molar-refractivity contribution in [3.63, 3.8) is 0 Å². The minimum Gasteiger partial charge on any atom is -0.466 e. The molecule has 1 aromatic carbocycles. The Morgan fingerprint density at radius 1 is 1.24 bits per heavy atom. The van der Waals surface area contributed by atoms with Crippen LogP contribution >= 0.6 is 27.5 Å². The Morgan fingerprint density at radius 2 is 1.94 bits per heavy atom. The van der Waals surface area contributed by atoms with Crippen molar-refractivity contribution in [3.8, 4) is 0 Å². The molecule has 0 fully saturated rings. The van der Waals surface area contributed by atoms with Crippen molar-refractivity contribution in [2.75, 3.05) is 0 Å². The third-order valence-corrected chi connectivity index (χ3v) is 3.09. The fourth-order valence-electron chi connectivity index (χ4n) is 1.70. The lowest BCUT2D eigenvalue weighted by Gasteiger charge is -2.01. The molecular weight excluding hydrogens is 303 g/mol. The number of carbonyl (C=O) groups is 1. The number of furan rings is 1. The van der Waals surface area contributed by atoms with Crippen LogP contribution in [0.15, 0.2) is 33.2 Å². The second kappa shape index (κ2) is 4.67. The summed E-state index contributed by atoms with van der Waals surface area (Å²) < 4.78 is 6.14. The van der Waals surface area contributed by atoms with Crippen LogP contribution in [0.3, 0.4) is 0 Å². The molecule has 0 radical (unpaired) electrons. The van der Waals surface area contributed by atoms with Gasteiger partial charge < -0.3 is 4.42 Å². The summed E-state index contributed by atoms with van der Waals surface area (Å²) in [6, 6.07) is 6.88. The Bertz CT molecular complexity index is 567. The molecule has 2 rings (SSSR count). The van der Waals surface area contributed by atoms with Gasteiger partial charge in [0.25, 0.3) is 0 Å². The third-order valence-electron chi connectivity index (χ3n) is 2.41. The lowest BCUT2D eigenvalue weighted by molar-refractivity contribution is 0.103. The molecule has 0 bridgehead atoms. The van der Waals surface area contributed by atoms with Gasteiger partial charge >= 0.3 is 0 Å². The van der Waals surface area contributed by atoms with E-state index in [1.807, 2.05) is 6.92 Å². The van der Waals surface area contributed by atoms with Gasteiger partial charge in [-0.1, -0.05) is 27.5 Å². The zero-order valence-electron chi connectivity index (χ0n) is 9.38. The van der Waals surface area contributed by atoms with E-state index in [9.17, 15) is 4.79 Å². The predicted molar refractivity (Wildman–Crippen MR) is 70.8 cm³/mol. The van der Waals surface area contributed by atoms with Gasteiger partial charge in [0.2, 0.25) is 0 Å². The smallest absolute Gasteiger partial charge is 0.196 e. The third kappa shape index (κ3) is 2.61. The monoisotopic (exact) mass is 312 g/mol. The quantitative estimate of drug-likeness (QED) is 0.762. The Labute approximate surface area is 113 Å². The number of rotatable bonds is 2. The summed E-state index contributed by atoms with van der Waals surface area (Å²) >= 11 is 9.24. The van der Waals surface area contributed by atoms with Crippen LogP contribution in [0, 0.1) is 13.8 Å². The number of hydrogen-bond donors (Lipinski definition) is 0. The van der Waals surface area contributed by atoms with E-state index in [2.05, 4.69) is 15.9 Å². The van der Waals surface area contributed by atoms with Crippen LogP contribution in [-0.2, 0) is 0 Å². The first-order valence-corrected chi connectivity index (χ1v) is 6.22. The van der Waals surface area contributed by atoms with Gasteiger partial charge in [0.15, 0.2) is 5.78 Å². The Hall–Kier alpha value is -1.06. The maximum atomic E-state index is 12.2. The number of hydrogen-bond acceptors (Lipinski definition) is 2. The van der Waals surface area contributed by atoms with E-state index in [1.54, 1.807) is 31.2 Å². The van der Waals surface area contributed by atoms with Crippen molar-refractivity contribution in [3.05, 3.63) is 56.4 Å². The van der Waals surface area contributed by atoms with Gasteiger partial charge in [-0.25, -0.2) is 0 Å². The lowest BCUT2D eigenvalue weighted by atomic mass is 10.0. The molecule has 2 aromatic rings. The Balaban J connectivity index is 2.47. The zero-order valence-corrected chi connectivity index (χ0v) is 11.7. The van der Waals surface area contributed by atoms with E-state index in [0.717, 1.165) is 10.2 Å². The van der Waals surface area contributed by atoms with Crippen molar-refractivity contribution < 1.29 is 9.21 Å². The number of carbonyl (C=O) groups excluding carboxylic acids is 1.